The second-order valence-electron chi connectivity index (χ2n) is 1.93. The Hall–Kier alpha value is 1.90. The Morgan fingerprint density at radius 2 is 2.42 bits per heavy atom. The fraction of sp³-hybridized carbons (Fsp3) is 0.333. The van der Waals surface area contributed by atoms with Gasteiger partial charge in [-0.3, -0.25) is 0 Å². The van der Waals surface area contributed by atoms with Crippen LogP contribution in [0.4, 0.5) is 0 Å². The van der Waals surface area contributed by atoms with Gasteiger partial charge in [-0.15, -0.1) is 11.3 Å². The van der Waals surface area contributed by atoms with Crippen LogP contribution in [0.15, 0.2) is 17.5 Å². The molecule has 0 atom stereocenters. The van der Waals surface area contributed by atoms with Crippen molar-refractivity contribution < 1.29 is 4.18 Å². The third-order valence-electron chi connectivity index (χ3n) is 1.12. The molecule has 0 radical (unpaired) electrons. The Kier molecular flexibility index (Phi) is 7.21. The van der Waals surface area contributed by atoms with Gasteiger partial charge in [0, 0.05) is 23.0 Å². The van der Waals surface area contributed by atoms with E-state index in [9.17, 15) is 0 Å². The summed E-state index contributed by atoms with van der Waals surface area (Å²) in [5.41, 5.74) is 0. The van der Waals surface area contributed by atoms with Gasteiger partial charge < -0.3 is 4.18 Å². The summed E-state index contributed by atoms with van der Waals surface area (Å²) in [4.78, 5) is 1.40. The summed E-state index contributed by atoms with van der Waals surface area (Å²) < 4.78 is 5.37. The molecule has 1 nitrogen and oxygen atoms in total. The highest BCUT2D eigenvalue weighted by atomic mass is 127. The van der Waals surface area contributed by atoms with Crippen molar-refractivity contribution in [3.63, 3.8) is 0 Å². The fourth-order valence-corrected chi connectivity index (χ4v) is 4.11. The first kappa shape index (κ1) is 12.0. The lowest BCUT2D eigenvalue weighted by Crippen LogP contribution is -1.88. The predicted molar refractivity (Wildman–Crippen MR) is 76.5 cm³/mol. The Morgan fingerprint density at radius 3 is 3.00 bits per heavy atom. The fourth-order valence-electron chi connectivity index (χ4n) is 0.674. The number of thiophene rings is 1. The van der Waals surface area contributed by atoms with Gasteiger partial charge in [0.1, 0.15) is 2.41 Å². The molecule has 68 valence electrons. The second-order valence-corrected chi connectivity index (χ2v) is 20.5. The van der Waals surface area contributed by atoms with Crippen LogP contribution in [0.25, 0.3) is 0 Å². The van der Waals surface area contributed by atoms with Crippen LogP contribution < -0.4 is 0 Å². The van der Waals surface area contributed by atoms with E-state index in [1.165, 1.54) is 4.88 Å². The summed E-state index contributed by atoms with van der Waals surface area (Å²) in [6.45, 7) is 0.829. The van der Waals surface area contributed by atoms with Crippen LogP contribution in [-0.4, -0.2) is 6.61 Å². The zero-order chi connectivity index (χ0) is 8.81. The van der Waals surface area contributed by atoms with E-state index in [4.69, 9.17) is 4.18 Å². The first-order chi connectivity index (χ1) is 5.79. The molecule has 1 aromatic heterocycles. The Labute approximate surface area is 108 Å². The molecule has 0 spiro atoms. The van der Waals surface area contributed by atoms with Crippen molar-refractivity contribution in [3.05, 3.63) is 22.4 Å². The summed E-state index contributed by atoms with van der Waals surface area (Å²) in [5, 5.41) is 2.10. The van der Waals surface area contributed by atoms with Gasteiger partial charge in [0.05, 0.1) is 6.61 Å². The monoisotopic (exact) mass is 444 g/mol. The number of rotatable bonds is 5. The van der Waals surface area contributed by atoms with E-state index in [-0.39, 0.29) is 2.41 Å². The highest BCUT2D eigenvalue weighted by Crippen LogP contribution is 2.64. The van der Waals surface area contributed by atoms with Crippen molar-refractivity contribution in [2.75, 3.05) is 6.61 Å². The minimum absolute atomic E-state index is 0.0317. The van der Waals surface area contributed by atoms with E-state index in [2.05, 4.69) is 61.6 Å². The van der Waals surface area contributed by atoms with Crippen molar-refractivity contribution in [1.29, 1.82) is 0 Å². The van der Waals surface area contributed by atoms with Crippen LogP contribution >= 0.6 is 69.5 Å². The van der Waals surface area contributed by atoms with Gasteiger partial charge in [-0.05, 0) is 55.5 Å². The lowest BCUT2D eigenvalue weighted by atomic mass is 10.4. The number of hydrogen-bond donors (Lipinski definition) is 0. The average Bonchev–Trinajstić information content (AvgIpc) is 2.49. The Morgan fingerprint density at radius 1 is 1.58 bits per heavy atom. The molecule has 0 amide bonds. The van der Waals surface area contributed by atoms with Gasteiger partial charge >= 0.3 is 0 Å². The third kappa shape index (κ3) is 5.59. The SMILES string of the molecule is IP(I)SOCCc1cccs1. The number of halogens is 2. The molecule has 0 unspecified atom stereocenters. The van der Waals surface area contributed by atoms with E-state index in [1.807, 2.05) is 0 Å². The predicted octanol–water partition coefficient (Wildman–Crippen LogP) is 5.05. The molecule has 6 heteroatoms. The van der Waals surface area contributed by atoms with Crippen molar-refractivity contribution in [3.8, 4) is 0 Å². The standard InChI is InChI=1S/C6H7I2OPS2/c7-10(8)12-9-4-3-6-2-1-5-11-6/h1-2,5H,3-4H2. The molecule has 0 saturated heterocycles. The van der Waals surface area contributed by atoms with Crippen LogP contribution in [0.1, 0.15) is 4.88 Å². The Bertz CT molecular complexity index is 205. The van der Waals surface area contributed by atoms with Crippen LogP contribution in [0.3, 0.4) is 0 Å². The topological polar surface area (TPSA) is 9.23 Å². The summed E-state index contributed by atoms with van der Waals surface area (Å²) in [6.07, 6.45) is 1.04. The molecule has 1 aromatic rings. The Balaban J connectivity index is 2.04. The molecule has 1 rings (SSSR count). The van der Waals surface area contributed by atoms with E-state index in [1.54, 1.807) is 23.0 Å². The molecule has 0 aromatic carbocycles. The summed E-state index contributed by atoms with van der Waals surface area (Å²) >= 11 is 8.17. The van der Waals surface area contributed by atoms with Gasteiger partial charge in [-0.2, -0.15) is 0 Å². The maximum absolute atomic E-state index is 5.41. The molecular formula is C6H7I2OPS2. The summed E-state index contributed by atoms with van der Waals surface area (Å²) in [7, 11) is 0. The van der Waals surface area contributed by atoms with Crippen LogP contribution in [0, 0.1) is 0 Å². The maximum Gasteiger partial charge on any atom is 0.113 e. The van der Waals surface area contributed by atoms with Crippen LogP contribution in [0.5, 0.6) is 0 Å². The molecule has 0 aliphatic carbocycles. The van der Waals surface area contributed by atoms with Crippen molar-refractivity contribution in [2.45, 2.75) is 6.42 Å². The zero-order valence-electron chi connectivity index (χ0n) is 6.07. The maximum atomic E-state index is 5.41. The largest absolute Gasteiger partial charge is 0.309 e. The van der Waals surface area contributed by atoms with Gasteiger partial charge in [0.25, 0.3) is 0 Å². The molecule has 0 bridgehead atoms. The first-order valence-corrected chi connectivity index (χ1v) is 12.4. The normalized spacial score (nSPS) is 10.9. The molecule has 0 N–H and O–H groups in total. The average molecular weight is 444 g/mol. The smallest absolute Gasteiger partial charge is 0.113 e. The number of hydrogen-bond acceptors (Lipinski definition) is 3. The summed E-state index contributed by atoms with van der Waals surface area (Å²) in [5.74, 6) is 0. The molecule has 0 aliphatic rings. The lowest BCUT2D eigenvalue weighted by Gasteiger charge is -2.00. The van der Waals surface area contributed by atoms with E-state index in [0.717, 1.165) is 13.0 Å². The second kappa shape index (κ2) is 7.23. The highest BCUT2D eigenvalue weighted by Gasteiger charge is 1.99. The minimum Gasteiger partial charge on any atom is -0.309 e. The molecule has 0 fully saturated rings. The quantitative estimate of drug-likeness (QED) is 0.272. The highest BCUT2D eigenvalue weighted by molar-refractivity contribution is 14.3. The molecule has 0 saturated carbocycles. The van der Waals surface area contributed by atoms with Crippen molar-refractivity contribution in [1.82, 2.24) is 0 Å². The molecule has 0 aliphatic heterocycles. The van der Waals surface area contributed by atoms with Gasteiger partial charge in [-0.1, -0.05) is 6.07 Å². The third-order valence-corrected chi connectivity index (χ3v) is 5.99. The van der Waals surface area contributed by atoms with E-state index < -0.39 is 0 Å². The molecular weight excluding hydrogens is 437 g/mol. The van der Waals surface area contributed by atoms with Gasteiger partial charge in [0.15, 0.2) is 0 Å². The van der Waals surface area contributed by atoms with Crippen molar-refractivity contribution in [2.24, 2.45) is 0 Å². The minimum atomic E-state index is -0.0317. The lowest BCUT2D eigenvalue weighted by molar-refractivity contribution is 0.386. The summed E-state index contributed by atoms with van der Waals surface area (Å²) in [6, 6.07) is 4.23. The molecule has 12 heavy (non-hydrogen) atoms. The van der Waals surface area contributed by atoms with Crippen molar-refractivity contribution >= 4 is 69.5 Å². The van der Waals surface area contributed by atoms with Gasteiger partial charge in [0.2, 0.25) is 0 Å². The van der Waals surface area contributed by atoms with Crippen LogP contribution in [0.2, 0.25) is 0 Å². The zero-order valence-corrected chi connectivity index (χ0v) is 12.9. The van der Waals surface area contributed by atoms with Gasteiger partial charge in [-0.25, -0.2) is 0 Å². The van der Waals surface area contributed by atoms with Crippen LogP contribution in [-0.2, 0) is 10.6 Å². The van der Waals surface area contributed by atoms with E-state index >= 15 is 0 Å². The van der Waals surface area contributed by atoms with E-state index in [0.29, 0.717) is 0 Å². The molecule has 1 heterocycles. The first-order valence-electron chi connectivity index (χ1n) is 3.22.